The number of rotatable bonds is 5. The predicted octanol–water partition coefficient (Wildman–Crippen LogP) is 1.97. The number of nitrogens with one attached hydrogen (secondary N) is 1. The van der Waals surface area contributed by atoms with E-state index in [4.69, 9.17) is 4.74 Å². The molecule has 0 aromatic rings. The molecule has 1 fully saturated rings. The lowest BCUT2D eigenvalue weighted by Crippen LogP contribution is -2.26. The maximum absolute atomic E-state index is 5.39. The van der Waals surface area contributed by atoms with Gasteiger partial charge in [-0.3, -0.25) is 0 Å². The van der Waals surface area contributed by atoms with Gasteiger partial charge in [0.25, 0.3) is 0 Å². The summed E-state index contributed by atoms with van der Waals surface area (Å²) in [5.74, 6) is 1.87. The number of ether oxygens (including phenoxy) is 1. The van der Waals surface area contributed by atoms with E-state index in [1.807, 2.05) is 0 Å². The van der Waals surface area contributed by atoms with Crippen LogP contribution in [0.25, 0.3) is 0 Å². The third-order valence-electron chi connectivity index (χ3n) is 3.23. The van der Waals surface area contributed by atoms with E-state index in [0.29, 0.717) is 0 Å². The Kier molecular flexibility index (Phi) is 3.60. The Morgan fingerprint density at radius 1 is 1.57 bits per heavy atom. The Labute approximate surface area is 86.7 Å². The Hall–Kier alpha value is -0.340. The zero-order chi connectivity index (χ0) is 9.80. The summed E-state index contributed by atoms with van der Waals surface area (Å²) in [6.45, 7) is 6.29. The minimum Gasteiger partial charge on any atom is -0.377 e. The van der Waals surface area contributed by atoms with Gasteiger partial charge in [0.2, 0.25) is 0 Å². The summed E-state index contributed by atoms with van der Waals surface area (Å²) >= 11 is 0. The zero-order valence-corrected chi connectivity index (χ0v) is 9.09. The van der Waals surface area contributed by atoms with Crippen molar-refractivity contribution in [3.8, 4) is 0 Å². The van der Waals surface area contributed by atoms with Gasteiger partial charge in [-0.2, -0.15) is 0 Å². The van der Waals surface area contributed by atoms with Crippen LogP contribution in [0.5, 0.6) is 0 Å². The maximum Gasteiger partial charge on any atom is 0.0689 e. The van der Waals surface area contributed by atoms with Gasteiger partial charge in [0.1, 0.15) is 0 Å². The largest absolute Gasteiger partial charge is 0.377 e. The first-order chi connectivity index (χ1) is 6.86. The molecule has 2 rings (SSSR count). The average molecular weight is 195 g/mol. The third-order valence-corrected chi connectivity index (χ3v) is 3.23. The van der Waals surface area contributed by atoms with Gasteiger partial charge in [0, 0.05) is 6.54 Å². The molecule has 2 heteroatoms. The fourth-order valence-corrected chi connectivity index (χ4v) is 2.02. The Balaban J connectivity index is 1.59. The van der Waals surface area contributed by atoms with Crippen LogP contribution in [0.4, 0.5) is 0 Å². The van der Waals surface area contributed by atoms with E-state index in [0.717, 1.165) is 38.0 Å². The molecule has 0 aromatic heterocycles. The summed E-state index contributed by atoms with van der Waals surface area (Å²) in [7, 11) is 0. The second kappa shape index (κ2) is 4.94. The van der Waals surface area contributed by atoms with Gasteiger partial charge in [-0.1, -0.05) is 13.0 Å². The predicted molar refractivity (Wildman–Crippen MR) is 58.3 cm³/mol. The molecule has 0 amide bonds. The van der Waals surface area contributed by atoms with Crippen LogP contribution in [0.15, 0.2) is 11.6 Å². The lowest BCUT2D eigenvalue weighted by Gasteiger charge is -2.16. The van der Waals surface area contributed by atoms with Crippen molar-refractivity contribution in [2.24, 2.45) is 11.8 Å². The van der Waals surface area contributed by atoms with Crippen LogP contribution in [0, 0.1) is 11.8 Å². The van der Waals surface area contributed by atoms with Gasteiger partial charge >= 0.3 is 0 Å². The second-order valence-electron chi connectivity index (χ2n) is 4.65. The highest BCUT2D eigenvalue weighted by molar-refractivity contribution is 5.06. The molecule has 0 spiro atoms. The molecule has 1 atom stereocenters. The molecule has 2 aliphatic rings. The first-order valence-electron chi connectivity index (χ1n) is 5.82. The molecule has 14 heavy (non-hydrogen) atoms. The van der Waals surface area contributed by atoms with Crippen LogP contribution >= 0.6 is 0 Å². The maximum atomic E-state index is 5.39. The fourth-order valence-electron chi connectivity index (χ4n) is 2.02. The minimum atomic E-state index is 0.838. The molecule has 2 nitrogen and oxygen atoms in total. The van der Waals surface area contributed by atoms with Crippen molar-refractivity contribution < 1.29 is 4.74 Å². The van der Waals surface area contributed by atoms with Crippen molar-refractivity contribution in [2.45, 2.75) is 26.2 Å². The highest BCUT2D eigenvalue weighted by Gasteiger charge is 2.27. The molecule has 1 heterocycles. The summed E-state index contributed by atoms with van der Waals surface area (Å²) in [6, 6.07) is 0. The molecular weight excluding hydrogens is 174 g/mol. The molecule has 0 bridgehead atoms. The molecular formula is C12H21NO. The fraction of sp³-hybridized carbons (Fsp3) is 0.833. The molecule has 1 N–H and O–H groups in total. The quantitative estimate of drug-likeness (QED) is 0.677. The van der Waals surface area contributed by atoms with E-state index in [-0.39, 0.29) is 0 Å². The lowest BCUT2D eigenvalue weighted by atomic mass is 10.1. The van der Waals surface area contributed by atoms with E-state index in [2.05, 4.69) is 18.3 Å². The standard InChI is InChI=1S/C12H21NO/c1-10(12-4-5-12)7-13-8-11-3-2-6-14-9-11/h3,10,12-13H,2,4-9H2,1H3. The van der Waals surface area contributed by atoms with Crippen LogP contribution in [-0.2, 0) is 4.74 Å². The third kappa shape index (κ3) is 3.10. The van der Waals surface area contributed by atoms with Gasteiger partial charge in [-0.05, 0) is 43.2 Å². The van der Waals surface area contributed by atoms with Gasteiger partial charge in [0.05, 0.1) is 13.2 Å². The van der Waals surface area contributed by atoms with Gasteiger partial charge in [-0.15, -0.1) is 0 Å². The lowest BCUT2D eigenvalue weighted by molar-refractivity contribution is 0.148. The first-order valence-corrected chi connectivity index (χ1v) is 5.82. The highest BCUT2D eigenvalue weighted by Crippen LogP contribution is 2.36. The Morgan fingerprint density at radius 3 is 3.07 bits per heavy atom. The summed E-state index contributed by atoms with van der Waals surface area (Å²) in [4.78, 5) is 0. The molecule has 0 radical (unpaired) electrons. The summed E-state index contributed by atoms with van der Waals surface area (Å²) < 4.78 is 5.39. The highest BCUT2D eigenvalue weighted by atomic mass is 16.5. The van der Waals surface area contributed by atoms with Crippen molar-refractivity contribution in [3.05, 3.63) is 11.6 Å². The van der Waals surface area contributed by atoms with E-state index < -0.39 is 0 Å². The van der Waals surface area contributed by atoms with Crippen LogP contribution in [0.1, 0.15) is 26.2 Å². The van der Waals surface area contributed by atoms with Crippen LogP contribution in [0.3, 0.4) is 0 Å². The minimum absolute atomic E-state index is 0.838. The van der Waals surface area contributed by atoms with E-state index in [1.165, 1.54) is 25.0 Å². The SMILES string of the molecule is CC(CNCC1=CCCOC1)C1CC1. The van der Waals surface area contributed by atoms with Crippen LogP contribution in [-0.4, -0.2) is 26.3 Å². The number of hydrogen-bond acceptors (Lipinski definition) is 2. The van der Waals surface area contributed by atoms with Crippen molar-refractivity contribution in [1.82, 2.24) is 5.32 Å². The van der Waals surface area contributed by atoms with Gasteiger partial charge in [0.15, 0.2) is 0 Å². The van der Waals surface area contributed by atoms with Crippen molar-refractivity contribution in [1.29, 1.82) is 0 Å². The van der Waals surface area contributed by atoms with Crippen molar-refractivity contribution in [2.75, 3.05) is 26.3 Å². The molecule has 80 valence electrons. The van der Waals surface area contributed by atoms with Gasteiger partial charge < -0.3 is 10.1 Å². The second-order valence-corrected chi connectivity index (χ2v) is 4.65. The average Bonchev–Trinajstić information content (AvgIpc) is 3.02. The molecule has 1 aliphatic carbocycles. The Bertz CT molecular complexity index is 208. The van der Waals surface area contributed by atoms with Crippen LogP contribution in [0.2, 0.25) is 0 Å². The molecule has 1 saturated carbocycles. The van der Waals surface area contributed by atoms with Crippen molar-refractivity contribution >= 4 is 0 Å². The smallest absolute Gasteiger partial charge is 0.0689 e. The zero-order valence-electron chi connectivity index (χ0n) is 9.09. The normalized spacial score (nSPS) is 24.5. The molecule has 1 aliphatic heterocycles. The molecule has 1 unspecified atom stereocenters. The van der Waals surface area contributed by atoms with E-state index in [9.17, 15) is 0 Å². The number of hydrogen-bond donors (Lipinski definition) is 1. The summed E-state index contributed by atoms with van der Waals surface area (Å²) in [5, 5.41) is 3.53. The monoisotopic (exact) mass is 195 g/mol. The van der Waals surface area contributed by atoms with Gasteiger partial charge in [-0.25, -0.2) is 0 Å². The summed E-state index contributed by atoms with van der Waals surface area (Å²) in [6.07, 6.45) is 6.32. The van der Waals surface area contributed by atoms with E-state index in [1.54, 1.807) is 0 Å². The van der Waals surface area contributed by atoms with Crippen molar-refractivity contribution in [3.63, 3.8) is 0 Å². The topological polar surface area (TPSA) is 21.3 Å². The first kappa shape index (κ1) is 10.2. The Morgan fingerprint density at radius 2 is 2.43 bits per heavy atom. The van der Waals surface area contributed by atoms with E-state index >= 15 is 0 Å². The molecule has 0 aromatic carbocycles. The molecule has 0 saturated heterocycles. The summed E-state index contributed by atoms with van der Waals surface area (Å²) in [5.41, 5.74) is 1.43. The van der Waals surface area contributed by atoms with Crippen LogP contribution < -0.4 is 5.32 Å².